The van der Waals surface area contributed by atoms with Crippen molar-refractivity contribution in [2.24, 2.45) is 40.4 Å². The molecule has 7 atom stereocenters. The van der Waals surface area contributed by atoms with Gasteiger partial charge in [0.25, 0.3) is 0 Å². The lowest BCUT2D eigenvalue weighted by Crippen LogP contribution is -2.52. The van der Waals surface area contributed by atoms with Crippen molar-refractivity contribution in [2.45, 2.75) is 104 Å². The van der Waals surface area contributed by atoms with Crippen molar-refractivity contribution in [1.82, 2.24) is 0 Å². The normalized spacial score (nSPS) is 48.7. The second-order valence-electron chi connectivity index (χ2n) is 10.5. The number of fused-ring (bicyclic) bond motifs is 5. The lowest BCUT2D eigenvalue weighted by atomic mass is 9.45. The molecule has 4 aliphatic carbocycles. The minimum absolute atomic E-state index is 0.665. The fraction of sp³-hybridized carbons (Fsp3) is 0.920. The Labute approximate surface area is 156 Å². The third kappa shape index (κ3) is 2.89. The van der Waals surface area contributed by atoms with E-state index < -0.39 is 0 Å². The summed E-state index contributed by atoms with van der Waals surface area (Å²) in [5.41, 5.74) is 1.37. The lowest BCUT2D eigenvalue weighted by Gasteiger charge is -2.60. The molecule has 4 rings (SSSR count). The molecule has 0 aromatic rings. The molecule has 0 bridgehead atoms. The highest BCUT2D eigenvalue weighted by Crippen LogP contribution is 2.67. The standard InChI is InChI=1S/C25H40/c1-4-5-6-7-10-20-13-15-22-21-14-12-19-11-8-9-17-24(19,2)23(21)16-18-25(20,22)3/h19-23H,6-18H2,1-3H3. The van der Waals surface area contributed by atoms with Crippen molar-refractivity contribution in [1.29, 1.82) is 0 Å². The molecular formula is C25H40. The molecule has 0 radical (unpaired) electrons. The highest BCUT2D eigenvalue weighted by Gasteiger charge is 2.59. The average Bonchev–Trinajstić information content (AvgIpc) is 2.95. The van der Waals surface area contributed by atoms with E-state index in [2.05, 4.69) is 25.7 Å². The maximum Gasteiger partial charge on any atom is 0.00886 e. The Bertz CT molecular complexity index is 536. The monoisotopic (exact) mass is 340 g/mol. The van der Waals surface area contributed by atoms with Gasteiger partial charge in [-0.1, -0.05) is 26.7 Å². The van der Waals surface area contributed by atoms with Gasteiger partial charge in [-0.25, -0.2) is 0 Å². The van der Waals surface area contributed by atoms with Gasteiger partial charge in [-0.15, -0.1) is 11.8 Å². The summed E-state index contributed by atoms with van der Waals surface area (Å²) >= 11 is 0. The zero-order valence-electron chi connectivity index (χ0n) is 17.1. The van der Waals surface area contributed by atoms with Gasteiger partial charge in [0.1, 0.15) is 0 Å². The van der Waals surface area contributed by atoms with Crippen LogP contribution in [0.25, 0.3) is 0 Å². The molecule has 4 saturated carbocycles. The van der Waals surface area contributed by atoms with Crippen molar-refractivity contribution < 1.29 is 0 Å². The van der Waals surface area contributed by atoms with Gasteiger partial charge in [0.2, 0.25) is 0 Å². The van der Waals surface area contributed by atoms with Gasteiger partial charge >= 0.3 is 0 Å². The summed E-state index contributed by atoms with van der Waals surface area (Å²) in [4.78, 5) is 0. The van der Waals surface area contributed by atoms with Crippen LogP contribution in [0.15, 0.2) is 0 Å². The van der Waals surface area contributed by atoms with Gasteiger partial charge in [-0.05, 0) is 112 Å². The van der Waals surface area contributed by atoms with E-state index in [9.17, 15) is 0 Å². The van der Waals surface area contributed by atoms with Gasteiger partial charge in [-0.2, -0.15) is 0 Å². The van der Waals surface area contributed by atoms with Gasteiger partial charge in [0, 0.05) is 6.42 Å². The van der Waals surface area contributed by atoms with E-state index in [4.69, 9.17) is 0 Å². The summed E-state index contributed by atoms with van der Waals surface area (Å²) in [5.74, 6) is 11.6. The van der Waals surface area contributed by atoms with Crippen LogP contribution in [-0.4, -0.2) is 0 Å². The first-order valence-corrected chi connectivity index (χ1v) is 11.5. The highest BCUT2D eigenvalue weighted by atomic mass is 14.6. The highest BCUT2D eigenvalue weighted by molar-refractivity contribution is 5.08. The Kier molecular flexibility index (Phi) is 4.98. The molecule has 0 spiro atoms. The summed E-state index contributed by atoms with van der Waals surface area (Å²) in [6.45, 7) is 7.40. The van der Waals surface area contributed by atoms with Crippen molar-refractivity contribution in [3.05, 3.63) is 0 Å². The topological polar surface area (TPSA) is 0 Å². The van der Waals surface area contributed by atoms with Crippen LogP contribution in [0, 0.1) is 52.3 Å². The second-order valence-corrected chi connectivity index (χ2v) is 10.5. The third-order valence-electron chi connectivity index (χ3n) is 9.81. The van der Waals surface area contributed by atoms with Crippen LogP contribution in [-0.2, 0) is 0 Å². The predicted octanol–water partition coefficient (Wildman–Crippen LogP) is 7.23. The summed E-state index contributed by atoms with van der Waals surface area (Å²) in [6.07, 6.45) is 19.3. The quantitative estimate of drug-likeness (QED) is 0.375. The number of hydrogen-bond acceptors (Lipinski definition) is 0. The van der Waals surface area contributed by atoms with Crippen molar-refractivity contribution in [3.63, 3.8) is 0 Å². The summed E-state index contributed by atoms with van der Waals surface area (Å²) in [6, 6.07) is 0. The molecule has 0 aromatic heterocycles. The smallest absolute Gasteiger partial charge is 0.00886 e. The maximum atomic E-state index is 3.29. The number of rotatable bonds is 3. The molecule has 0 saturated heterocycles. The van der Waals surface area contributed by atoms with E-state index >= 15 is 0 Å². The Morgan fingerprint density at radius 3 is 2.52 bits per heavy atom. The van der Waals surface area contributed by atoms with E-state index in [1.165, 1.54) is 38.5 Å². The Morgan fingerprint density at radius 1 is 0.840 bits per heavy atom. The average molecular weight is 341 g/mol. The van der Waals surface area contributed by atoms with Crippen LogP contribution in [0.1, 0.15) is 104 Å². The van der Waals surface area contributed by atoms with Crippen molar-refractivity contribution >= 4 is 0 Å². The first-order chi connectivity index (χ1) is 12.1. The van der Waals surface area contributed by atoms with E-state index in [0.29, 0.717) is 10.8 Å². The Balaban J connectivity index is 1.48. The molecule has 140 valence electrons. The molecular weight excluding hydrogens is 300 g/mol. The van der Waals surface area contributed by atoms with E-state index in [1.54, 1.807) is 38.5 Å². The predicted molar refractivity (Wildman–Crippen MR) is 107 cm³/mol. The molecule has 0 heterocycles. The molecule has 4 fully saturated rings. The number of unbranched alkanes of at least 4 members (excludes halogenated alkanes) is 1. The fourth-order valence-corrected chi connectivity index (χ4v) is 8.44. The summed E-state index contributed by atoms with van der Waals surface area (Å²) < 4.78 is 0. The molecule has 0 aliphatic heterocycles. The van der Waals surface area contributed by atoms with Crippen LogP contribution in [0.5, 0.6) is 0 Å². The van der Waals surface area contributed by atoms with Crippen LogP contribution in [0.4, 0.5) is 0 Å². The van der Waals surface area contributed by atoms with Gasteiger partial charge in [0.15, 0.2) is 0 Å². The van der Waals surface area contributed by atoms with Gasteiger partial charge < -0.3 is 0 Å². The zero-order chi connectivity index (χ0) is 17.5. The molecule has 0 amide bonds. The summed E-state index contributed by atoms with van der Waals surface area (Å²) in [7, 11) is 0. The van der Waals surface area contributed by atoms with Crippen molar-refractivity contribution in [2.75, 3.05) is 0 Å². The SMILES string of the molecule is CC#CCCCC1CCC2C3CCC4CCCCC4(C)C3CCC12C. The molecule has 0 nitrogen and oxygen atoms in total. The largest absolute Gasteiger partial charge is 0.107 e. The minimum atomic E-state index is 0.665. The molecule has 25 heavy (non-hydrogen) atoms. The molecule has 0 N–H and O–H groups in total. The van der Waals surface area contributed by atoms with Gasteiger partial charge in [-0.3, -0.25) is 0 Å². The van der Waals surface area contributed by atoms with E-state index in [0.717, 1.165) is 36.0 Å². The number of hydrogen-bond donors (Lipinski definition) is 0. The van der Waals surface area contributed by atoms with Crippen LogP contribution in [0.2, 0.25) is 0 Å². The molecule has 4 aliphatic rings. The van der Waals surface area contributed by atoms with E-state index in [-0.39, 0.29) is 0 Å². The van der Waals surface area contributed by atoms with Crippen LogP contribution in [0.3, 0.4) is 0 Å². The Hall–Kier alpha value is -0.440. The molecule has 0 aromatic carbocycles. The maximum absolute atomic E-state index is 3.29. The fourth-order valence-electron chi connectivity index (χ4n) is 8.44. The van der Waals surface area contributed by atoms with Crippen LogP contribution >= 0.6 is 0 Å². The summed E-state index contributed by atoms with van der Waals surface area (Å²) in [5, 5.41) is 0. The lowest BCUT2D eigenvalue weighted by molar-refractivity contribution is -0.111. The van der Waals surface area contributed by atoms with Crippen molar-refractivity contribution in [3.8, 4) is 11.8 Å². The van der Waals surface area contributed by atoms with Crippen LogP contribution < -0.4 is 0 Å². The third-order valence-corrected chi connectivity index (χ3v) is 9.81. The molecule has 7 unspecified atom stereocenters. The second kappa shape index (κ2) is 6.94. The Morgan fingerprint density at radius 2 is 1.68 bits per heavy atom. The minimum Gasteiger partial charge on any atom is -0.107 e. The molecule has 0 heteroatoms. The first kappa shape index (κ1) is 17.9. The zero-order valence-corrected chi connectivity index (χ0v) is 17.1. The van der Waals surface area contributed by atoms with E-state index in [1.807, 2.05) is 6.92 Å². The van der Waals surface area contributed by atoms with Gasteiger partial charge in [0.05, 0.1) is 0 Å². The first-order valence-electron chi connectivity index (χ1n) is 11.5.